The van der Waals surface area contributed by atoms with Crippen LogP contribution in [0.4, 0.5) is 0 Å². The summed E-state index contributed by atoms with van der Waals surface area (Å²) in [7, 11) is 0. The highest BCUT2D eigenvalue weighted by atomic mass is 32.1. The monoisotopic (exact) mass is 172 g/mol. The first-order chi connectivity index (χ1) is 4.84. The Balaban J connectivity index is 2.87. The van der Waals surface area contributed by atoms with Crippen molar-refractivity contribution < 1.29 is 4.21 Å². The first-order valence-electron chi connectivity index (χ1n) is 2.52. The van der Waals surface area contributed by atoms with Crippen LogP contribution in [0.3, 0.4) is 0 Å². The molecule has 0 bridgehead atoms. The van der Waals surface area contributed by atoms with Crippen molar-refractivity contribution in [3.63, 3.8) is 0 Å². The lowest BCUT2D eigenvalue weighted by Crippen LogP contribution is -1.90. The Labute approximate surface area is 66.7 Å². The van der Waals surface area contributed by atoms with E-state index in [-0.39, 0.29) is 11.5 Å². The summed E-state index contributed by atoms with van der Waals surface area (Å²) in [6.07, 6.45) is 1.73. The molecule has 1 aromatic heterocycles. The maximum Gasteiger partial charge on any atom is 0.206 e. The summed E-state index contributed by atoms with van der Waals surface area (Å²) in [4.78, 5) is 3.14. The highest BCUT2D eigenvalue weighted by molar-refractivity contribution is 7.81. The quantitative estimate of drug-likeness (QED) is 0.644. The standard InChI is InChI=1S/C5H4N2OS2/c8-10-7-5(9)4-2-1-3-6-4/h1-3,6H. The molecule has 5 heteroatoms. The van der Waals surface area contributed by atoms with E-state index in [0.717, 1.165) is 0 Å². The number of rotatable bonds is 1. The molecule has 0 spiro atoms. The van der Waals surface area contributed by atoms with Gasteiger partial charge in [0.05, 0.1) is 5.69 Å². The first-order valence-corrected chi connectivity index (χ1v) is 3.63. The van der Waals surface area contributed by atoms with Crippen LogP contribution in [0.5, 0.6) is 0 Å². The highest BCUT2D eigenvalue weighted by Gasteiger charge is 1.96. The van der Waals surface area contributed by atoms with E-state index in [1.807, 2.05) is 0 Å². The largest absolute Gasteiger partial charge is 0.359 e. The van der Waals surface area contributed by atoms with Crippen LogP contribution in [0.1, 0.15) is 5.69 Å². The second kappa shape index (κ2) is 3.38. The zero-order valence-corrected chi connectivity index (χ0v) is 6.54. The summed E-state index contributed by atoms with van der Waals surface area (Å²) in [5.74, 6) is 0. The Morgan fingerprint density at radius 3 is 3.10 bits per heavy atom. The Kier molecular flexibility index (Phi) is 2.47. The van der Waals surface area contributed by atoms with Crippen LogP contribution in [0.2, 0.25) is 0 Å². The number of nitrogens with one attached hydrogen (secondary N) is 1. The molecule has 0 atom stereocenters. The maximum absolute atomic E-state index is 9.88. The third kappa shape index (κ3) is 1.58. The summed E-state index contributed by atoms with van der Waals surface area (Å²) in [6, 6.07) is 3.56. The SMILES string of the molecule is O=S=NC(=S)c1ccc[nH]1. The Morgan fingerprint density at radius 2 is 2.60 bits per heavy atom. The number of aromatic nitrogens is 1. The van der Waals surface area contributed by atoms with Crippen LogP contribution >= 0.6 is 12.2 Å². The van der Waals surface area contributed by atoms with Gasteiger partial charge in [0.2, 0.25) is 11.5 Å². The van der Waals surface area contributed by atoms with Crippen molar-refractivity contribution in [3.05, 3.63) is 24.0 Å². The van der Waals surface area contributed by atoms with Crippen LogP contribution in [-0.4, -0.2) is 14.2 Å². The highest BCUT2D eigenvalue weighted by Crippen LogP contribution is 1.97. The van der Waals surface area contributed by atoms with Crippen LogP contribution in [0.15, 0.2) is 22.7 Å². The molecule has 0 aliphatic heterocycles. The molecule has 1 N–H and O–H groups in total. The molecule has 0 saturated carbocycles. The average Bonchev–Trinajstić information content (AvgIpc) is 2.38. The lowest BCUT2D eigenvalue weighted by Gasteiger charge is -1.85. The zero-order valence-electron chi connectivity index (χ0n) is 4.90. The van der Waals surface area contributed by atoms with Crippen molar-refractivity contribution >= 4 is 28.7 Å². The van der Waals surface area contributed by atoms with Crippen molar-refractivity contribution in [3.8, 4) is 0 Å². The fourth-order valence-electron chi connectivity index (χ4n) is 0.546. The van der Waals surface area contributed by atoms with Gasteiger partial charge in [-0.15, -0.1) is 4.36 Å². The molecule has 0 radical (unpaired) electrons. The number of thiocarbonyl (C=S) groups is 1. The number of H-pyrrole nitrogens is 1. The van der Waals surface area contributed by atoms with Gasteiger partial charge in [-0.05, 0) is 12.1 Å². The number of hydrogen-bond acceptors (Lipinski definition) is 2. The van der Waals surface area contributed by atoms with Crippen LogP contribution in [0, 0.1) is 0 Å². The second-order valence-electron chi connectivity index (χ2n) is 1.55. The van der Waals surface area contributed by atoms with E-state index in [1.165, 1.54) is 0 Å². The van der Waals surface area contributed by atoms with Gasteiger partial charge in [-0.25, -0.2) is 0 Å². The lowest BCUT2D eigenvalue weighted by atomic mass is 10.4. The summed E-state index contributed by atoms with van der Waals surface area (Å²) < 4.78 is 13.3. The van der Waals surface area contributed by atoms with Crippen molar-refractivity contribution in [1.29, 1.82) is 0 Å². The molecule has 1 aromatic rings. The summed E-state index contributed by atoms with van der Waals surface area (Å²) in [5, 5.41) is 0. The molecule has 0 aromatic carbocycles. The molecule has 0 amide bonds. The van der Waals surface area contributed by atoms with Crippen molar-refractivity contribution in [1.82, 2.24) is 4.98 Å². The maximum atomic E-state index is 9.88. The van der Waals surface area contributed by atoms with Crippen LogP contribution < -0.4 is 0 Å². The van der Waals surface area contributed by atoms with E-state index in [2.05, 4.69) is 9.35 Å². The van der Waals surface area contributed by atoms with Gasteiger partial charge in [0.15, 0.2) is 4.99 Å². The summed E-state index contributed by atoms with van der Waals surface area (Å²) in [5.41, 5.74) is 0.707. The predicted octanol–water partition coefficient (Wildman–Crippen LogP) is 1.09. The average molecular weight is 172 g/mol. The van der Waals surface area contributed by atoms with E-state index in [0.29, 0.717) is 10.7 Å². The van der Waals surface area contributed by atoms with Crippen molar-refractivity contribution in [2.24, 2.45) is 4.36 Å². The van der Waals surface area contributed by atoms with Crippen LogP contribution in [-0.2, 0) is 11.5 Å². The van der Waals surface area contributed by atoms with Gasteiger partial charge in [0.25, 0.3) is 0 Å². The van der Waals surface area contributed by atoms with Gasteiger partial charge in [0.1, 0.15) is 0 Å². The second-order valence-corrected chi connectivity index (χ2v) is 2.27. The molecular weight excluding hydrogens is 168 g/mol. The van der Waals surface area contributed by atoms with E-state index in [4.69, 9.17) is 12.2 Å². The minimum Gasteiger partial charge on any atom is -0.359 e. The van der Waals surface area contributed by atoms with Gasteiger partial charge in [-0.3, -0.25) is 0 Å². The molecule has 1 rings (SSSR count). The van der Waals surface area contributed by atoms with Gasteiger partial charge in [-0.2, -0.15) is 4.21 Å². The number of hydrogen-bond donors (Lipinski definition) is 1. The third-order valence-corrected chi connectivity index (χ3v) is 1.63. The zero-order chi connectivity index (χ0) is 7.40. The normalized spacial score (nSPS) is 8.80. The number of nitrogens with zero attached hydrogens (tertiary/aromatic N) is 1. The fourth-order valence-corrected chi connectivity index (χ4v) is 0.931. The molecular formula is C5H4N2OS2. The topological polar surface area (TPSA) is 45.2 Å². The van der Waals surface area contributed by atoms with E-state index in [1.54, 1.807) is 18.3 Å². The lowest BCUT2D eigenvalue weighted by molar-refractivity contribution is 0.698. The molecule has 1 heterocycles. The molecule has 3 nitrogen and oxygen atoms in total. The van der Waals surface area contributed by atoms with Crippen molar-refractivity contribution in [2.45, 2.75) is 0 Å². The van der Waals surface area contributed by atoms with E-state index < -0.39 is 0 Å². The minimum atomic E-state index is 0.122. The molecule has 0 saturated heterocycles. The number of aromatic amines is 1. The smallest absolute Gasteiger partial charge is 0.206 e. The first kappa shape index (κ1) is 7.30. The molecule has 0 fully saturated rings. The van der Waals surface area contributed by atoms with Gasteiger partial charge in [-0.1, -0.05) is 12.2 Å². The fraction of sp³-hybridized carbons (Fsp3) is 0. The Hall–Kier alpha value is -0.810. The molecule has 0 aliphatic rings. The van der Waals surface area contributed by atoms with Gasteiger partial charge < -0.3 is 4.98 Å². The Morgan fingerprint density at radius 1 is 1.80 bits per heavy atom. The van der Waals surface area contributed by atoms with Gasteiger partial charge >= 0.3 is 0 Å². The Bertz CT molecular complexity index is 274. The summed E-state index contributed by atoms with van der Waals surface area (Å²) in [6.45, 7) is 0. The minimum absolute atomic E-state index is 0.122. The van der Waals surface area contributed by atoms with Gasteiger partial charge in [0, 0.05) is 6.20 Å². The molecule has 10 heavy (non-hydrogen) atoms. The summed E-state index contributed by atoms with van der Waals surface area (Å²) >= 11 is 4.88. The van der Waals surface area contributed by atoms with E-state index in [9.17, 15) is 4.21 Å². The molecule has 0 unspecified atom stereocenters. The van der Waals surface area contributed by atoms with E-state index >= 15 is 0 Å². The van der Waals surface area contributed by atoms with Crippen molar-refractivity contribution in [2.75, 3.05) is 0 Å². The third-order valence-electron chi connectivity index (χ3n) is 0.949. The molecule has 0 aliphatic carbocycles. The predicted molar refractivity (Wildman–Crippen MR) is 43.1 cm³/mol. The van der Waals surface area contributed by atoms with Crippen LogP contribution in [0.25, 0.3) is 0 Å². The molecule has 52 valence electrons.